The first-order chi connectivity index (χ1) is 22.4. The second-order valence-corrected chi connectivity index (χ2v) is 16.1. The van der Waals surface area contributed by atoms with Gasteiger partial charge < -0.3 is 15.3 Å². The molecule has 0 aromatic rings. The summed E-state index contributed by atoms with van der Waals surface area (Å²) in [5, 5.41) is 15.9. The fourth-order valence-corrected chi connectivity index (χ4v) is 9.56. The molecular weight excluding hydrogens is 626 g/mol. The van der Waals surface area contributed by atoms with Gasteiger partial charge in [-0.15, -0.1) is 17.2 Å². The van der Waals surface area contributed by atoms with Gasteiger partial charge in [0.15, 0.2) is 0 Å². The highest BCUT2D eigenvalue weighted by Crippen LogP contribution is 2.36. The van der Waals surface area contributed by atoms with Gasteiger partial charge in [-0.25, -0.2) is 22.2 Å². The average Bonchev–Trinajstić information content (AvgIpc) is 3.03. The van der Waals surface area contributed by atoms with E-state index in [2.05, 4.69) is 16.1 Å². The topological polar surface area (TPSA) is 119 Å². The quantitative estimate of drug-likeness (QED) is 0.150. The Balaban J connectivity index is 1.74. The Morgan fingerprint density at radius 1 is 0.915 bits per heavy atom. The second-order valence-electron chi connectivity index (χ2n) is 14.4. The lowest BCUT2D eigenvalue weighted by atomic mass is 9.74. The summed E-state index contributed by atoms with van der Waals surface area (Å²) in [5.74, 6) is 0.910. The molecule has 0 aliphatic heterocycles. The number of sulfonamides is 1. The van der Waals surface area contributed by atoms with Crippen LogP contribution in [0, 0.1) is 41.9 Å². The highest BCUT2D eigenvalue weighted by Gasteiger charge is 2.39. The Hall–Kier alpha value is -1.81. The van der Waals surface area contributed by atoms with E-state index in [1.807, 2.05) is 18.7 Å². The van der Waals surface area contributed by atoms with Crippen molar-refractivity contribution < 1.29 is 31.9 Å². The van der Waals surface area contributed by atoms with Gasteiger partial charge in [-0.1, -0.05) is 40.0 Å². The predicted molar refractivity (Wildman–Crippen MR) is 181 cm³/mol. The number of amides is 2. The van der Waals surface area contributed by atoms with Crippen LogP contribution in [0.5, 0.6) is 0 Å². The summed E-state index contributed by atoms with van der Waals surface area (Å²) >= 11 is 0. The number of carbonyl (C=O) groups is 2. The smallest absolute Gasteiger partial charge is 0.225 e. The van der Waals surface area contributed by atoms with Crippen molar-refractivity contribution in [2.24, 2.45) is 29.6 Å². The number of likely N-dealkylation sites (N-methyl/N-ethyl adjacent to an activating group) is 1. The molecule has 3 rings (SSSR count). The van der Waals surface area contributed by atoms with E-state index >= 15 is 0 Å². The first kappa shape index (κ1) is 39.6. The van der Waals surface area contributed by atoms with Crippen LogP contribution >= 0.6 is 0 Å². The van der Waals surface area contributed by atoms with Crippen molar-refractivity contribution in [2.45, 2.75) is 135 Å². The third-order valence-corrected chi connectivity index (χ3v) is 11.7. The van der Waals surface area contributed by atoms with E-state index in [1.165, 1.54) is 5.01 Å². The molecule has 12 heteroatoms. The zero-order chi connectivity index (χ0) is 34.6. The molecule has 3 aliphatic carbocycles. The molecule has 7 atom stereocenters. The number of nitrogens with zero attached hydrogens (tertiary/aromatic N) is 2. The lowest BCUT2D eigenvalue weighted by Crippen LogP contribution is -2.55. The molecule has 3 fully saturated rings. The van der Waals surface area contributed by atoms with Crippen molar-refractivity contribution >= 4 is 21.8 Å². The zero-order valence-electron chi connectivity index (χ0n) is 28.8. The number of aliphatic hydroxyl groups is 1. The number of hydrogen-bond acceptors (Lipinski definition) is 6. The Labute approximate surface area is 282 Å². The SMILES string of the molecule is C#CC1CC(C(=O)NC(CC2CC(F)CC(F)C2)C(O)CN(CC)NS(=O)(=O)CC2CCCCC2)CC(C(=O)N(CCC)CCC)C1. The molecule has 47 heavy (non-hydrogen) atoms. The minimum atomic E-state index is -3.66. The molecule has 0 aromatic carbocycles. The van der Waals surface area contributed by atoms with Gasteiger partial charge in [-0.05, 0) is 76.0 Å². The van der Waals surface area contributed by atoms with Crippen LogP contribution < -0.4 is 10.1 Å². The maximum absolute atomic E-state index is 14.4. The molecule has 0 spiro atoms. The van der Waals surface area contributed by atoms with E-state index in [1.54, 1.807) is 6.92 Å². The number of hydrogen-bond donors (Lipinski definition) is 3. The first-order valence-electron chi connectivity index (χ1n) is 18.1. The van der Waals surface area contributed by atoms with E-state index in [-0.39, 0.29) is 68.2 Å². The number of terminal acetylenes is 1. The molecular formula is C35H60F2N4O5S. The largest absolute Gasteiger partial charge is 0.390 e. The standard InChI is InChI=1S/C35H60F2N4O5S/c1-5-14-40(15-6-2)35(44)29-17-25(7-3)16-28(21-29)34(43)38-32(20-27-18-30(36)22-31(37)19-27)33(42)23-41(8-4)39-47(45,46)24-26-12-10-9-11-13-26/h3,25-33,39,42H,5-6,8-24H2,1-2,4H3,(H,38,43). The predicted octanol–water partition coefficient (Wildman–Crippen LogP) is 4.75. The van der Waals surface area contributed by atoms with Crippen LogP contribution in [0.3, 0.4) is 0 Å². The summed E-state index contributed by atoms with van der Waals surface area (Å²) in [6.07, 6.45) is 10.1. The van der Waals surface area contributed by atoms with Crippen LogP contribution in [0.4, 0.5) is 8.78 Å². The number of halogens is 2. The Bertz CT molecular complexity index is 1120. The maximum atomic E-state index is 14.4. The summed E-state index contributed by atoms with van der Waals surface area (Å²) in [6, 6.07) is -0.876. The highest BCUT2D eigenvalue weighted by molar-refractivity contribution is 7.89. The minimum Gasteiger partial charge on any atom is -0.390 e. The van der Waals surface area contributed by atoms with Gasteiger partial charge in [-0.3, -0.25) is 9.59 Å². The minimum absolute atomic E-state index is 0.00677. The molecule has 9 nitrogen and oxygen atoms in total. The fraction of sp³-hybridized carbons (Fsp3) is 0.886. The first-order valence-corrected chi connectivity index (χ1v) is 19.8. The van der Waals surface area contributed by atoms with Crippen molar-refractivity contribution in [3.05, 3.63) is 0 Å². The van der Waals surface area contributed by atoms with Crippen molar-refractivity contribution in [1.29, 1.82) is 0 Å². The van der Waals surface area contributed by atoms with Gasteiger partial charge in [0.2, 0.25) is 21.8 Å². The molecule has 0 bridgehead atoms. The summed E-state index contributed by atoms with van der Waals surface area (Å²) in [5.41, 5.74) is 0. The molecule has 7 unspecified atom stereocenters. The lowest BCUT2D eigenvalue weighted by Gasteiger charge is -2.37. The molecule has 3 aliphatic rings. The van der Waals surface area contributed by atoms with Crippen molar-refractivity contribution in [2.75, 3.05) is 31.9 Å². The molecule has 3 N–H and O–H groups in total. The van der Waals surface area contributed by atoms with Gasteiger partial charge in [0.1, 0.15) is 12.3 Å². The van der Waals surface area contributed by atoms with Gasteiger partial charge in [-0.2, -0.15) is 0 Å². The van der Waals surface area contributed by atoms with Crippen molar-refractivity contribution in [3.63, 3.8) is 0 Å². The number of nitrogens with one attached hydrogen (secondary N) is 2. The molecule has 0 heterocycles. The number of hydrazine groups is 1. The molecule has 0 radical (unpaired) electrons. The number of carbonyl (C=O) groups excluding carboxylic acids is 2. The van der Waals surface area contributed by atoms with Gasteiger partial charge in [0.25, 0.3) is 0 Å². The van der Waals surface area contributed by atoms with Crippen LogP contribution in [-0.4, -0.2) is 91.7 Å². The van der Waals surface area contributed by atoms with E-state index in [0.29, 0.717) is 32.4 Å². The van der Waals surface area contributed by atoms with E-state index < -0.39 is 52.3 Å². The molecule has 270 valence electrons. The second kappa shape index (κ2) is 19.4. The molecule has 2 amide bonds. The summed E-state index contributed by atoms with van der Waals surface area (Å²) in [7, 11) is -3.66. The van der Waals surface area contributed by atoms with E-state index in [9.17, 15) is 31.9 Å². The van der Waals surface area contributed by atoms with Crippen LogP contribution in [0.2, 0.25) is 0 Å². The highest BCUT2D eigenvalue weighted by atomic mass is 32.2. The monoisotopic (exact) mass is 686 g/mol. The number of aliphatic hydroxyl groups excluding tert-OH is 1. The zero-order valence-corrected chi connectivity index (χ0v) is 29.7. The van der Waals surface area contributed by atoms with Gasteiger partial charge in [0.05, 0.1) is 17.9 Å². The van der Waals surface area contributed by atoms with Crippen LogP contribution in [0.25, 0.3) is 0 Å². The van der Waals surface area contributed by atoms with Crippen LogP contribution in [-0.2, 0) is 19.6 Å². The molecule has 0 aromatic heterocycles. The fourth-order valence-electron chi connectivity index (χ4n) is 7.94. The average molecular weight is 687 g/mol. The van der Waals surface area contributed by atoms with E-state index in [0.717, 1.165) is 44.9 Å². The van der Waals surface area contributed by atoms with Gasteiger partial charge >= 0.3 is 0 Å². The summed E-state index contributed by atoms with van der Waals surface area (Å²) < 4.78 is 54.8. The van der Waals surface area contributed by atoms with Crippen molar-refractivity contribution in [1.82, 2.24) is 20.1 Å². The van der Waals surface area contributed by atoms with E-state index in [4.69, 9.17) is 6.42 Å². The Morgan fingerprint density at radius 3 is 2.11 bits per heavy atom. The molecule has 0 saturated heterocycles. The Kier molecular flexibility index (Phi) is 16.4. The van der Waals surface area contributed by atoms with Crippen molar-refractivity contribution in [3.8, 4) is 12.3 Å². The number of rotatable bonds is 17. The third kappa shape index (κ3) is 12.9. The Morgan fingerprint density at radius 2 is 1.53 bits per heavy atom. The third-order valence-electron chi connectivity index (χ3n) is 10.3. The van der Waals surface area contributed by atoms with Crippen LogP contribution in [0.1, 0.15) is 111 Å². The maximum Gasteiger partial charge on any atom is 0.225 e. The summed E-state index contributed by atoms with van der Waals surface area (Å²) in [6.45, 7) is 7.25. The summed E-state index contributed by atoms with van der Waals surface area (Å²) in [4.78, 5) is 31.8. The molecule has 3 saturated carbocycles. The van der Waals surface area contributed by atoms with Crippen LogP contribution in [0.15, 0.2) is 0 Å². The lowest BCUT2D eigenvalue weighted by molar-refractivity contribution is -0.139. The normalized spacial score (nSPS) is 28.7. The van der Waals surface area contributed by atoms with Gasteiger partial charge in [0, 0.05) is 50.4 Å². The number of alkyl halides is 2.